The molecule has 2 rings (SSSR count). The average Bonchev–Trinajstić information content (AvgIpc) is 2.59. The largest absolute Gasteiger partial charge is 0.390 e. The van der Waals surface area contributed by atoms with Crippen molar-refractivity contribution in [2.24, 2.45) is 5.73 Å². The second-order valence-electron chi connectivity index (χ2n) is 3.47. The van der Waals surface area contributed by atoms with Crippen molar-refractivity contribution in [1.29, 1.82) is 0 Å². The second kappa shape index (κ2) is 3.82. The smallest absolute Gasteiger partial charge is 0.0840 e. The molecule has 3 N–H and O–H groups in total. The van der Waals surface area contributed by atoms with Crippen LogP contribution in [0.3, 0.4) is 0 Å². The summed E-state index contributed by atoms with van der Waals surface area (Å²) in [6.45, 7) is 0.861. The van der Waals surface area contributed by atoms with Gasteiger partial charge in [-0.05, 0) is 10.8 Å². The molecule has 14 heavy (non-hydrogen) atoms. The fraction of sp³-hybridized carbons (Fsp3) is 0.273. The minimum Gasteiger partial charge on any atom is -0.390 e. The van der Waals surface area contributed by atoms with E-state index in [9.17, 15) is 5.11 Å². The Hall–Kier alpha value is -1.32. The van der Waals surface area contributed by atoms with E-state index in [2.05, 4.69) is 12.1 Å². The molecule has 0 unspecified atom stereocenters. The van der Waals surface area contributed by atoms with Gasteiger partial charge >= 0.3 is 0 Å². The summed E-state index contributed by atoms with van der Waals surface area (Å²) >= 11 is 0. The SMILES string of the molecule is NC[C@H](O)Cn1cc2ccccc2c1. The lowest BCUT2D eigenvalue weighted by molar-refractivity contribution is 0.162. The first-order valence-corrected chi connectivity index (χ1v) is 4.72. The van der Waals surface area contributed by atoms with E-state index in [1.54, 1.807) is 0 Å². The summed E-state index contributed by atoms with van der Waals surface area (Å²) < 4.78 is 1.97. The monoisotopic (exact) mass is 190 g/mol. The molecule has 1 aromatic carbocycles. The third-order valence-corrected chi connectivity index (χ3v) is 2.30. The zero-order chi connectivity index (χ0) is 9.97. The molecule has 2 aromatic rings. The van der Waals surface area contributed by atoms with Crippen molar-refractivity contribution in [3.8, 4) is 0 Å². The number of fused-ring (bicyclic) bond motifs is 1. The topological polar surface area (TPSA) is 51.2 Å². The van der Waals surface area contributed by atoms with Gasteiger partial charge in [-0.25, -0.2) is 0 Å². The lowest BCUT2D eigenvalue weighted by Gasteiger charge is -2.07. The summed E-state index contributed by atoms with van der Waals surface area (Å²) in [6.07, 6.45) is 3.58. The van der Waals surface area contributed by atoms with E-state index in [-0.39, 0.29) is 0 Å². The van der Waals surface area contributed by atoms with Crippen molar-refractivity contribution in [1.82, 2.24) is 4.57 Å². The maximum absolute atomic E-state index is 9.39. The van der Waals surface area contributed by atoms with Crippen LogP contribution >= 0.6 is 0 Å². The number of aromatic nitrogens is 1. The van der Waals surface area contributed by atoms with Gasteiger partial charge in [0.25, 0.3) is 0 Å². The molecule has 0 amide bonds. The number of aliphatic hydroxyl groups excluding tert-OH is 1. The summed E-state index contributed by atoms with van der Waals surface area (Å²) in [6, 6.07) is 8.12. The van der Waals surface area contributed by atoms with Crippen LogP contribution in [0.4, 0.5) is 0 Å². The summed E-state index contributed by atoms with van der Waals surface area (Å²) in [5.41, 5.74) is 5.35. The van der Waals surface area contributed by atoms with Gasteiger partial charge in [-0.3, -0.25) is 0 Å². The number of nitrogens with two attached hydrogens (primary N) is 1. The van der Waals surface area contributed by atoms with E-state index in [0.29, 0.717) is 13.1 Å². The van der Waals surface area contributed by atoms with Gasteiger partial charge in [0, 0.05) is 25.5 Å². The first-order chi connectivity index (χ1) is 6.79. The van der Waals surface area contributed by atoms with E-state index in [0.717, 1.165) is 0 Å². The summed E-state index contributed by atoms with van der Waals surface area (Å²) in [7, 11) is 0. The van der Waals surface area contributed by atoms with Crippen LogP contribution in [0.25, 0.3) is 10.8 Å². The molecule has 74 valence electrons. The van der Waals surface area contributed by atoms with Gasteiger partial charge < -0.3 is 15.4 Å². The molecular weight excluding hydrogens is 176 g/mol. The fourth-order valence-corrected chi connectivity index (χ4v) is 1.56. The van der Waals surface area contributed by atoms with Crippen LogP contribution < -0.4 is 5.73 Å². The molecule has 0 aliphatic rings. The van der Waals surface area contributed by atoms with Crippen LogP contribution in [-0.4, -0.2) is 22.3 Å². The van der Waals surface area contributed by atoms with Gasteiger partial charge in [-0.15, -0.1) is 0 Å². The minimum atomic E-state index is -0.461. The van der Waals surface area contributed by atoms with Crippen LogP contribution in [0.15, 0.2) is 36.7 Å². The highest BCUT2D eigenvalue weighted by molar-refractivity contribution is 5.81. The Bertz CT molecular complexity index is 389. The summed E-state index contributed by atoms with van der Waals surface area (Å²) in [4.78, 5) is 0. The maximum atomic E-state index is 9.39. The lowest BCUT2D eigenvalue weighted by atomic mass is 10.2. The Kier molecular flexibility index (Phi) is 2.52. The maximum Gasteiger partial charge on any atom is 0.0840 e. The predicted molar refractivity (Wildman–Crippen MR) is 57.0 cm³/mol. The number of aliphatic hydroxyl groups is 1. The highest BCUT2D eigenvalue weighted by atomic mass is 16.3. The van der Waals surface area contributed by atoms with Crippen LogP contribution in [0.5, 0.6) is 0 Å². The molecule has 1 heterocycles. The Balaban J connectivity index is 2.27. The lowest BCUT2D eigenvalue weighted by Crippen LogP contribution is -2.24. The molecule has 1 aromatic heterocycles. The van der Waals surface area contributed by atoms with Gasteiger partial charge in [0.15, 0.2) is 0 Å². The van der Waals surface area contributed by atoms with Crippen LogP contribution in [0, 0.1) is 0 Å². The van der Waals surface area contributed by atoms with E-state index in [4.69, 9.17) is 5.73 Å². The first-order valence-electron chi connectivity index (χ1n) is 4.72. The summed E-state index contributed by atoms with van der Waals surface area (Å²) in [5, 5.41) is 11.8. The van der Waals surface area contributed by atoms with Crippen molar-refractivity contribution in [2.45, 2.75) is 12.6 Å². The minimum absolute atomic E-state index is 0.300. The molecular formula is C11H14N2O. The molecule has 0 bridgehead atoms. The fourth-order valence-electron chi connectivity index (χ4n) is 1.56. The molecule has 0 spiro atoms. The van der Waals surface area contributed by atoms with Crippen molar-refractivity contribution >= 4 is 10.8 Å². The average molecular weight is 190 g/mol. The molecule has 3 heteroatoms. The quantitative estimate of drug-likeness (QED) is 0.757. The Morgan fingerprint density at radius 1 is 1.21 bits per heavy atom. The van der Waals surface area contributed by atoms with Crippen molar-refractivity contribution < 1.29 is 5.11 Å². The van der Waals surface area contributed by atoms with Crippen molar-refractivity contribution in [3.63, 3.8) is 0 Å². The zero-order valence-corrected chi connectivity index (χ0v) is 7.93. The van der Waals surface area contributed by atoms with E-state index >= 15 is 0 Å². The number of hydrogen-bond acceptors (Lipinski definition) is 2. The van der Waals surface area contributed by atoms with Crippen LogP contribution in [-0.2, 0) is 6.54 Å². The highest BCUT2D eigenvalue weighted by Gasteiger charge is 2.03. The van der Waals surface area contributed by atoms with Gasteiger partial charge in [-0.2, -0.15) is 0 Å². The Morgan fingerprint density at radius 3 is 2.29 bits per heavy atom. The van der Waals surface area contributed by atoms with E-state index in [1.807, 2.05) is 29.1 Å². The third-order valence-electron chi connectivity index (χ3n) is 2.30. The number of rotatable bonds is 3. The van der Waals surface area contributed by atoms with E-state index < -0.39 is 6.10 Å². The van der Waals surface area contributed by atoms with Gasteiger partial charge in [0.1, 0.15) is 0 Å². The van der Waals surface area contributed by atoms with Crippen molar-refractivity contribution in [2.75, 3.05) is 6.54 Å². The molecule has 0 aliphatic heterocycles. The molecule has 0 saturated heterocycles. The summed E-state index contributed by atoms with van der Waals surface area (Å²) in [5.74, 6) is 0. The van der Waals surface area contributed by atoms with Crippen LogP contribution in [0.1, 0.15) is 0 Å². The molecule has 0 fully saturated rings. The zero-order valence-electron chi connectivity index (χ0n) is 7.93. The molecule has 1 atom stereocenters. The van der Waals surface area contributed by atoms with Gasteiger partial charge in [0.2, 0.25) is 0 Å². The third kappa shape index (κ3) is 1.78. The second-order valence-corrected chi connectivity index (χ2v) is 3.47. The first kappa shape index (κ1) is 9.24. The van der Waals surface area contributed by atoms with Gasteiger partial charge in [0.05, 0.1) is 6.10 Å². The van der Waals surface area contributed by atoms with Gasteiger partial charge in [-0.1, -0.05) is 24.3 Å². The molecule has 0 radical (unpaired) electrons. The highest BCUT2D eigenvalue weighted by Crippen LogP contribution is 2.14. The van der Waals surface area contributed by atoms with Crippen molar-refractivity contribution in [3.05, 3.63) is 36.7 Å². The Morgan fingerprint density at radius 2 is 1.79 bits per heavy atom. The number of hydrogen-bond donors (Lipinski definition) is 2. The van der Waals surface area contributed by atoms with E-state index in [1.165, 1.54) is 10.8 Å². The molecule has 0 saturated carbocycles. The molecule has 0 aliphatic carbocycles. The Labute approximate surface area is 82.8 Å². The molecule has 3 nitrogen and oxygen atoms in total. The number of benzene rings is 1. The normalized spacial score (nSPS) is 13.3. The number of nitrogens with zero attached hydrogens (tertiary/aromatic N) is 1. The predicted octanol–water partition coefficient (Wildman–Crippen LogP) is 0.961. The standard InChI is InChI=1S/C11H14N2O/c12-5-11(14)8-13-6-9-3-1-2-4-10(9)7-13/h1-4,6-7,11,14H,5,8,12H2/t11-/m0/s1. The van der Waals surface area contributed by atoms with Crippen LogP contribution in [0.2, 0.25) is 0 Å².